The first-order chi connectivity index (χ1) is 5.68. The molecule has 0 aromatic carbocycles. The summed E-state index contributed by atoms with van der Waals surface area (Å²) in [5, 5.41) is 0. The van der Waals surface area contributed by atoms with Crippen molar-refractivity contribution in [1.29, 1.82) is 0 Å². The Morgan fingerprint density at radius 2 is 1.85 bits per heavy atom. The number of hydrogen-bond donors (Lipinski definition) is 0. The Labute approximate surface area is 75.9 Å². The largest absolute Gasteiger partial charge is 0.397 e. The first-order valence-electron chi connectivity index (χ1n) is 4.02. The van der Waals surface area contributed by atoms with E-state index in [0.717, 1.165) is 0 Å². The summed E-state index contributed by atoms with van der Waals surface area (Å²) in [5.41, 5.74) is 0. The van der Waals surface area contributed by atoms with Crippen LogP contribution >= 0.6 is 7.37 Å². The smallest absolute Gasteiger partial charge is 0.325 e. The summed E-state index contributed by atoms with van der Waals surface area (Å²) < 4.78 is 52.1. The average Bonchev–Trinajstić information content (AvgIpc) is 1.81. The van der Waals surface area contributed by atoms with Crippen LogP contribution in [0.4, 0.5) is 13.2 Å². The molecule has 1 unspecified atom stereocenters. The van der Waals surface area contributed by atoms with Gasteiger partial charge in [0.2, 0.25) is 7.37 Å². The molecular weight excluding hydrogens is 204 g/mol. The first kappa shape index (κ1) is 13.0. The molecule has 13 heavy (non-hydrogen) atoms. The van der Waals surface area contributed by atoms with Crippen molar-refractivity contribution in [2.45, 2.75) is 33.1 Å². The van der Waals surface area contributed by atoms with Gasteiger partial charge in [-0.3, -0.25) is 4.57 Å². The van der Waals surface area contributed by atoms with Gasteiger partial charge in [0.25, 0.3) is 0 Å². The molecule has 0 fully saturated rings. The van der Waals surface area contributed by atoms with E-state index in [0.29, 0.717) is 0 Å². The number of hydrogen-bond acceptors (Lipinski definition) is 2. The second-order valence-corrected chi connectivity index (χ2v) is 5.85. The van der Waals surface area contributed by atoms with E-state index in [1.807, 2.05) is 0 Å². The first-order valence-corrected chi connectivity index (χ1v) is 6.01. The van der Waals surface area contributed by atoms with Gasteiger partial charge in [0, 0.05) is 6.16 Å². The molecule has 6 heteroatoms. The van der Waals surface area contributed by atoms with Crippen molar-refractivity contribution < 1.29 is 22.3 Å². The zero-order chi connectivity index (χ0) is 10.7. The average molecular weight is 218 g/mol. The molecule has 0 aromatic heterocycles. The Hall–Kier alpha value is -0.0200. The molecule has 0 aromatic rings. The van der Waals surface area contributed by atoms with Crippen molar-refractivity contribution in [1.82, 2.24) is 0 Å². The van der Waals surface area contributed by atoms with Crippen LogP contribution in [0.15, 0.2) is 0 Å². The van der Waals surface area contributed by atoms with Crippen molar-refractivity contribution in [3.8, 4) is 0 Å². The zero-order valence-corrected chi connectivity index (χ0v) is 8.78. The highest BCUT2D eigenvalue weighted by Gasteiger charge is 2.39. The molecule has 0 saturated carbocycles. The molecule has 0 aliphatic heterocycles. The molecule has 0 aliphatic carbocycles. The fourth-order valence-electron chi connectivity index (χ4n) is 0.881. The Morgan fingerprint density at radius 1 is 1.38 bits per heavy atom. The predicted octanol–water partition coefficient (Wildman–Crippen LogP) is 3.27. The van der Waals surface area contributed by atoms with E-state index in [9.17, 15) is 17.7 Å². The fourth-order valence-corrected chi connectivity index (χ4v) is 2.64. The summed E-state index contributed by atoms with van der Waals surface area (Å²) in [5.74, 6) is 0. The summed E-state index contributed by atoms with van der Waals surface area (Å²) in [6, 6.07) is 0. The van der Waals surface area contributed by atoms with E-state index in [-0.39, 0.29) is 6.16 Å². The fraction of sp³-hybridized carbons (Fsp3) is 1.00. The van der Waals surface area contributed by atoms with Crippen LogP contribution in [0.5, 0.6) is 0 Å². The van der Waals surface area contributed by atoms with Gasteiger partial charge in [-0.15, -0.1) is 0 Å². The minimum Gasteiger partial charge on any atom is -0.325 e. The molecular formula is C7H14F3O2P. The standard InChI is InChI=1S/C7H14F3O2P/c1-4-13(11,12-6(2)3)5-7(8,9)10/h6H,4-5H2,1-3H3. The summed E-state index contributed by atoms with van der Waals surface area (Å²) >= 11 is 0. The van der Waals surface area contributed by atoms with Gasteiger partial charge in [-0.05, 0) is 13.8 Å². The topological polar surface area (TPSA) is 26.3 Å². The van der Waals surface area contributed by atoms with Gasteiger partial charge < -0.3 is 4.52 Å². The molecule has 0 spiro atoms. The molecule has 0 radical (unpaired) electrons. The lowest BCUT2D eigenvalue weighted by Gasteiger charge is -2.20. The molecule has 2 nitrogen and oxygen atoms in total. The maximum absolute atomic E-state index is 11.9. The van der Waals surface area contributed by atoms with Crippen LogP contribution in [0.25, 0.3) is 0 Å². The summed E-state index contributed by atoms with van der Waals surface area (Å²) in [7, 11) is -3.50. The predicted molar refractivity (Wildman–Crippen MR) is 45.3 cm³/mol. The molecule has 0 rings (SSSR count). The van der Waals surface area contributed by atoms with Crippen LogP contribution in [0.1, 0.15) is 20.8 Å². The van der Waals surface area contributed by atoms with E-state index in [2.05, 4.69) is 0 Å². The van der Waals surface area contributed by atoms with Crippen LogP contribution in [0.3, 0.4) is 0 Å². The molecule has 0 heterocycles. The quantitative estimate of drug-likeness (QED) is 0.677. The van der Waals surface area contributed by atoms with E-state index < -0.39 is 25.8 Å². The second kappa shape index (κ2) is 4.47. The SMILES string of the molecule is CCP(=O)(CC(F)(F)F)OC(C)C. The van der Waals surface area contributed by atoms with Crippen LogP contribution in [-0.4, -0.2) is 24.6 Å². The van der Waals surface area contributed by atoms with Gasteiger partial charge in [0.15, 0.2) is 0 Å². The van der Waals surface area contributed by atoms with Gasteiger partial charge in [0.05, 0.1) is 6.10 Å². The van der Waals surface area contributed by atoms with Gasteiger partial charge in [0.1, 0.15) is 6.16 Å². The Balaban J connectivity index is 4.38. The maximum atomic E-state index is 11.9. The Morgan fingerprint density at radius 3 is 2.08 bits per heavy atom. The molecule has 1 atom stereocenters. The van der Waals surface area contributed by atoms with Crippen molar-refractivity contribution in [3.63, 3.8) is 0 Å². The minimum absolute atomic E-state index is 0.0787. The molecule has 80 valence electrons. The van der Waals surface area contributed by atoms with Crippen molar-refractivity contribution in [2.75, 3.05) is 12.3 Å². The lowest BCUT2D eigenvalue weighted by atomic mass is 10.5. The maximum Gasteiger partial charge on any atom is 0.397 e. The van der Waals surface area contributed by atoms with Crippen LogP contribution in [0, 0.1) is 0 Å². The number of halogens is 3. The van der Waals surface area contributed by atoms with Crippen LogP contribution in [0.2, 0.25) is 0 Å². The highest BCUT2D eigenvalue weighted by molar-refractivity contribution is 7.59. The molecule has 0 aliphatic rings. The Bertz CT molecular complexity index is 200. The van der Waals surface area contributed by atoms with Crippen molar-refractivity contribution >= 4 is 7.37 Å². The molecule has 0 N–H and O–H groups in total. The van der Waals surface area contributed by atoms with Gasteiger partial charge in [-0.2, -0.15) is 13.2 Å². The second-order valence-electron chi connectivity index (χ2n) is 3.06. The monoisotopic (exact) mass is 218 g/mol. The van der Waals surface area contributed by atoms with E-state index in [4.69, 9.17) is 4.52 Å². The summed E-state index contributed by atoms with van der Waals surface area (Å²) in [6.07, 6.45) is -6.26. The molecule has 0 amide bonds. The van der Waals surface area contributed by atoms with Crippen molar-refractivity contribution in [3.05, 3.63) is 0 Å². The highest BCUT2D eigenvalue weighted by atomic mass is 31.2. The van der Waals surface area contributed by atoms with Gasteiger partial charge in [-0.1, -0.05) is 6.92 Å². The molecule has 0 bridgehead atoms. The normalized spacial score (nSPS) is 17.5. The third-order valence-corrected chi connectivity index (χ3v) is 3.91. The number of alkyl halides is 3. The number of rotatable bonds is 4. The lowest BCUT2D eigenvalue weighted by Crippen LogP contribution is -2.18. The van der Waals surface area contributed by atoms with E-state index in [1.54, 1.807) is 13.8 Å². The van der Waals surface area contributed by atoms with Crippen LogP contribution < -0.4 is 0 Å². The Kier molecular flexibility index (Phi) is 4.46. The van der Waals surface area contributed by atoms with Gasteiger partial charge >= 0.3 is 6.18 Å². The minimum atomic E-state index is -4.42. The van der Waals surface area contributed by atoms with Crippen LogP contribution in [-0.2, 0) is 9.09 Å². The zero-order valence-electron chi connectivity index (χ0n) is 7.89. The molecule has 0 saturated heterocycles. The van der Waals surface area contributed by atoms with E-state index >= 15 is 0 Å². The third-order valence-electron chi connectivity index (χ3n) is 1.30. The summed E-state index contributed by atoms with van der Waals surface area (Å²) in [6.45, 7) is 4.58. The van der Waals surface area contributed by atoms with Crippen molar-refractivity contribution in [2.24, 2.45) is 0 Å². The summed E-state index contributed by atoms with van der Waals surface area (Å²) in [4.78, 5) is 0. The van der Waals surface area contributed by atoms with E-state index in [1.165, 1.54) is 6.92 Å². The lowest BCUT2D eigenvalue weighted by molar-refractivity contribution is -0.108. The van der Waals surface area contributed by atoms with Gasteiger partial charge in [-0.25, -0.2) is 0 Å². The third kappa shape index (κ3) is 6.11. The highest BCUT2D eigenvalue weighted by Crippen LogP contribution is 2.51.